The van der Waals surface area contributed by atoms with Crippen LogP contribution in [-0.4, -0.2) is 37.2 Å². The number of ether oxygens (including phenoxy) is 3. The zero-order valence-electron chi connectivity index (χ0n) is 54.1. The summed E-state index contributed by atoms with van der Waals surface area (Å²) in [6.07, 6.45) is 86.0. The summed E-state index contributed by atoms with van der Waals surface area (Å²) >= 11 is 0. The van der Waals surface area contributed by atoms with E-state index in [4.69, 9.17) is 14.2 Å². The third kappa shape index (κ3) is 66.4. The molecule has 0 aliphatic carbocycles. The van der Waals surface area contributed by atoms with E-state index in [1.165, 1.54) is 289 Å². The highest BCUT2D eigenvalue weighted by molar-refractivity contribution is 5.71. The van der Waals surface area contributed by atoms with Crippen molar-refractivity contribution in [2.24, 2.45) is 0 Å². The van der Waals surface area contributed by atoms with Crippen LogP contribution in [0.2, 0.25) is 0 Å². The minimum atomic E-state index is -0.774. The Morgan fingerprint density at radius 1 is 0.250 bits per heavy atom. The molecule has 0 rings (SSSR count). The fourth-order valence-corrected chi connectivity index (χ4v) is 10.9. The highest BCUT2D eigenvalue weighted by atomic mass is 16.6. The first-order valence-corrected chi connectivity index (χ1v) is 36.0. The van der Waals surface area contributed by atoms with E-state index < -0.39 is 6.10 Å². The van der Waals surface area contributed by atoms with Crippen molar-refractivity contribution in [3.8, 4) is 0 Å². The molecule has 0 radical (unpaired) electrons. The summed E-state index contributed by atoms with van der Waals surface area (Å²) in [5.74, 6) is -0.849. The van der Waals surface area contributed by atoms with Crippen molar-refractivity contribution >= 4 is 17.9 Å². The first-order chi connectivity index (χ1) is 39.5. The number of hydrogen-bond acceptors (Lipinski definition) is 6. The third-order valence-corrected chi connectivity index (χ3v) is 16.4. The van der Waals surface area contributed by atoms with Gasteiger partial charge in [0.1, 0.15) is 13.2 Å². The lowest BCUT2D eigenvalue weighted by molar-refractivity contribution is -0.167. The van der Waals surface area contributed by atoms with Crippen molar-refractivity contribution in [1.82, 2.24) is 0 Å². The van der Waals surface area contributed by atoms with E-state index in [0.717, 1.165) is 70.6 Å². The van der Waals surface area contributed by atoms with Gasteiger partial charge in [0.15, 0.2) is 6.10 Å². The summed E-state index contributed by atoms with van der Waals surface area (Å²) in [4.78, 5) is 38.4. The predicted octanol–water partition coefficient (Wildman–Crippen LogP) is 24.7. The molecule has 0 saturated heterocycles. The van der Waals surface area contributed by atoms with Gasteiger partial charge < -0.3 is 14.2 Å². The molecular weight excluding hydrogens is 985 g/mol. The van der Waals surface area contributed by atoms with Crippen LogP contribution in [0.1, 0.15) is 400 Å². The van der Waals surface area contributed by atoms with Crippen molar-refractivity contribution in [2.45, 2.75) is 406 Å². The van der Waals surface area contributed by atoms with Gasteiger partial charge in [0, 0.05) is 19.3 Å². The van der Waals surface area contributed by atoms with Crippen LogP contribution in [0.15, 0.2) is 36.5 Å². The lowest BCUT2D eigenvalue weighted by Gasteiger charge is -2.18. The molecule has 470 valence electrons. The molecule has 0 aromatic carbocycles. The molecule has 6 nitrogen and oxygen atoms in total. The van der Waals surface area contributed by atoms with Gasteiger partial charge in [-0.05, 0) is 77.0 Å². The molecule has 0 aromatic heterocycles. The molecule has 0 aliphatic rings. The van der Waals surface area contributed by atoms with Crippen LogP contribution in [0.25, 0.3) is 0 Å². The van der Waals surface area contributed by atoms with Gasteiger partial charge in [-0.25, -0.2) is 0 Å². The van der Waals surface area contributed by atoms with Crippen molar-refractivity contribution in [1.29, 1.82) is 0 Å². The van der Waals surface area contributed by atoms with Gasteiger partial charge in [-0.1, -0.05) is 340 Å². The SMILES string of the molecule is CCCCCCC/C=C\C/C=C\CCCCCCCCCCCCCCCC(=O)OCC(COC(=O)CCCCCCC/C=C\CCCCCCC)OC(=O)CCCCCCCCCCCCCCCCCCCCCCCCC. The van der Waals surface area contributed by atoms with E-state index in [0.29, 0.717) is 19.3 Å². The third-order valence-electron chi connectivity index (χ3n) is 16.4. The van der Waals surface area contributed by atoms with Crippen LogP contribution < -0.4 is 0 Å². The lowest BCUT2D eigenvalue weighted by atomic mass is 10.0. The molecular formula is C74H138O6. The Hall–Kier alpha value is -2.37. The number of hydrogen-bond donors (Lipinski definition) is 0. The zero-order chi connectivity index (χ0) is 57.8. The topological polar surface area (TPSA) is 78.9 Å². The van der Waals surface area contributed by atoms with Crippen LogP contribution >= 0.6 is 0 Å². The standard InChI is InChI=1S/C74H138O6/c1-4-7-10-13-16-19-22-25-28-30-32-34-36-37-39-40-42-44-46-49-52-55-58-61-64-67-73(76)79-70-71(69-78-72(75)66-63-60-57-54-51-48-27-24-21-18-15-12-9-6-3)80-74(77)68-65-62-59-56-53-50-47-45-43-41-38-35-33-31-29-26-23-20-17-14-11-8-5-2/h22,24-25,27,30,32,71H,4-21,23,26,28-29,31,33-70H2,1-3H3/b25-22-,27-24-,32-30-. The maximum atomic E-state index is 13.0. The summed E-state index contributed by atoms with van der Waals surface area (Å²) in [6.45, 7) is 6.69. The number of carbonyl (C=O) groups is 3. The van der Waals surface area contributed by atoms with Gasteiger partial charge in [-0.2, -0.15) is 0 Å². The summed E-state index contributed by atoms with van der Waals surface area (Å²) in [7, 11) is 0. The molecule has 0 amide bonds. The number of esters is 3. The first kappa shape index (κ1) is 77.6. The maximum Gasteiger partial charge on any atom is 0.306 e. The fraction of sp³-hybridized carbons (Fsp3) is 0.878. The first-order valence-electron chi connectivity index (χ1n) is 36.0. The van der Waals surface area contributed by atoms with E-state index in [-0.39, 0.29) is 31.1 Å². The largest absolute Gasteiger partial charge is 0.462 e. The Balaban J connectivity index is 4.25. The van der Waals surface area contributed by atoms with Crippen LogP contribution in [0, 0.1) is 0 Å². The van der Waals surface area contributed by atoms with E-state index in [1.807, 2.05) is 0 Å². The second-order valence-corrected chi connectivity index (χ2v) is 24.5. The molecule has 1 atom stereocenters. The minimum Gasteiger partial charge on any atom is -0.462 e. The highest BCUT2D eigenvalue weighted by Crippen LogP contribution is 2.19. The summed E-state index contributed by atoms with van der Waals surface area (Å²) in [5.41, 5.74) is 0. The maximum absolute atomic E-state index is 13.0. The van der Waals surface area contributed by atoms with Gasteiger partial charge in [0.25, 0.3) is 0 Å². The van der Waals surface area contributed by atoms with E-state index >= 15 is 0 Å². The molecule has 0 aromatic rings. The number of carbonyl (C=O) groups excluding carboxylic acids is 3. The predicted molar refractivity (Wildman–Crippen MR) is 349 cm³/mol. The number of allylic oxidation sites excluding steroid dienone is 6. The van der Waals surface area contributed by atoms with E-state index in [2.05, 4.69) is 57.2 Å². The Morgan fingerprint density at radius 2 is 0.450 bits per heavy atom. The van der Waals surface area contributed by atoms with Gasteiger partial charge in [0.05, 0.1) is 0 Å². The summed E-state index contributed by atoms with van der Waals surface area (Å²) in [5, 5.41) is 0. The van der Waals surface area contributed by atoms with Crippen molar-refractivity contribution in [3.63, 3.8) is 0 Å². The van der Waals surface area contributed by atoms with Crippen LogP contribution in [-0.2, 0) is 28.6 Å². The average Bonchev–Trinajstić information content (AvgIpc) is 3.46. The molecule has 0 spiro atoms. The monoisotopic (exact) mass is 1120 g/mol. The zero-order valence-corrected chi connectivity index (χ0v) is 54.1. The molecule has 0 heterocycles. The summed E-state index contributed by atoms with van der Waals surface area (Å²) in [6, 6.07) is 0. The highest BCUT2D eigenvalue weighted by Gasteiger charge is 2.19. The molecule has 0 aliphatic heterocycles. The van der Waals surface area contributed by atoms with Gasteiger partial charge in [0.2, 0.25) is 0 Å². The van der Waals surface area contributed by atoms with Gasteiger partial charge in [-0.15, -0.1) is 0 Å². The van der Waals surface area contributed by atoms with Gasteiger partial charge in [-0.3, -0.25) is 14.4 Å². The number of unbranched alkanes of at least 4 members (excludes halogenated alkanes) is 50. The minimum absolute atomic E-state index is 0.0701. The number of rotatable bonds is 67. The average molecular weight is 1120 g/mol. The molecule has 6 heteroatoms. The second-order valence-electron chi connectivity index (χ2n) is 24.5. The Bertz CT molecular complexity index is 1340. The molecule has 0 fully saturated rings. The smallest absolute Gasteiger partial charge is 0.306 e. The second kappa shape index (κ2) is 69.1. The van der Waals surface area contributed by atoms with E-state index in [1.54, 1.807) is 0 Å². The molecule has 0 saturated carbocycles. The van der Waals surface area contributed by atoms with Crippen molar-refractivity contribution < 1.29 is 28.6 Å². The molecule has 80 heavy (non-hydrogen) atoms. The van der Waals surface area contributed by atoms with Gasteiger partial charge >= 0.3 is 17.9 Å². The summed E-state index contributed by atoms with van der Waals surface area (Å²) < 4.78 is 17.0. The molecule has 0 N–H and O–H groups in total. The normalized spacial score (nSPS) is 12.2. The lowest BCUT2D eigenvalue weighted by Crippen LogP contribution is -2.30. The van der Waals surface area contributed by atoms with Crippen molar-refractivity contribution in [2.75, 3.05) is 13.2 Å². The van der Waals surface area contributed by atoms with E-state index in [9.17, 15) is 14.4 Å². The van der Waals surface area contributed by atoms with Crippen molar-refractivity contribution in [3.05, 3.63) is 36.5 Å². The molecule has 1 unspecified atom stereocenters. The Morgan fingerprint density at radius 3 is 0.700 bits per heavy atom. The quantitative estimate of drug-likeness (QED) is 0.0261. The van der Waals surface area contributed by atoms with Crippen LogP contribution in [0.4, 0.5) is 0 Å². The molecule has 0 bridgehead atoms. The Kier molecular flexibility index (Phi) is 67.1. The Labute approximate surface area is 499 Å². The van der Waals surface area contributed by atoms with Crippen LogP contribution in [0.5, 0.6) is 0 Å². The fourth-order valence-electron chi connectivity index (χ4n) is 10.9. The van der Waals surface area contributed by atoms with Crippen LogP contribution in [0.3, 0.4) is 0 Å².